The Hall–Kier alpha value is -1.40. The van der Waals surface area contributed by atoms with E-state index in [0.717, 1.165) is 31.5 Å². The Morgan fingerprint density at radius 2 is 2.32 bits per heavy atom. The maximum absolute atomic E-state index is 12.4. The van der Waals surface area contributed by atoms with Crippen LogP contribution < -0.4 is 5.73 Å². The van der Waals surface area contributed by atoms with Crippen LogP contribution in [0.15, 0.2) is 12.4 Å². The fourth-order valence-corrected chi connectivity index (χ4v) is 2.52. The molecule has 19 heavy (non-hydrogen) atoms. The summed E-state index contributed by atoms with van der Waals surface area (Å²) >= 11 is 0. The Morgan fingerprint density at radius 1 is 1.58 bits per heavy atom. The van der Waals surface area contributed by atoms with Crippen LogP contribution in [0.2, 0.25) is 0 Å². The normalized spacial score (nSPS) is 21.7. The summed E-state index contributed by atoms with van der Waals surface area (Å²) in [6.45, 7) is 1.57. The number of carbonyl (C=O) groups excluding carboxylic acids is 1. The number of nitrogens with two attached hydrogens (primary N) is 1. The molecule has 1 aromatic heterocycles. The maximum atomic E-state index is 12.4. The highest BCUT2D eigenvalue weighted by Crippen LogP contribution is 2.18. The Balaban J connectivity index is 2.02. The molecule has 2 heterocycles. The van der Waals surface area contributed by atoms with Crippen molar-refractivity contribution in [1.29, 1.82) is 0 Å². The molecule has 0 spiro atoms. The van der Waals surface area contributed by atoms with Gasteiger partial charge >= 0.3 is 0 Å². The zero-order valence-electron chi connectivity index (χ0n) is 11.9. The Morgan fingerprint density at radius 3 is 2.89 bits per heavy atom. The monoisotopic (exact) mass is 265 g/mol. The average molecular weight is 265 g/mol. The Bertz CT molecular complexity index is 442. The number of aromatic nitrogens is 2. The van der Waals surface area contributed by atoms with Crippen LogP contribution in [-0.2, 0) is 11.8 Å². The van der Waals surface area contributed by atoms with E-state index in [4.69, 9.17) is 5.73 Å². The molecule has 2 unspecified atom stereocenters. The predicted molar refractivity (Wildman–Crippen MR) is 73.4 cm³/mol. The molecule has 0 aliphatic carbocycles. The zero-order valence-corrected chi connectivity index (χ0v) is 11.9. The summed E-state index contributed by atoms with van der Waals surface area (Å²) in [5, 5.41) is 4.07. The Kier molecular flexibility index (Phi) is 4.21. The molecule has 2 rings (SSSR count). The summed E-state index contributed by atoms with van der Waals surface area (Å²) in [5.41, 5.74) is 6.82. The van der Waals surface area contributed by atoms with E-state index in [1.54, 1.807) is 17.1 Å². The van der Waals surface area contributed by atoms with Crippen molar-refractivity contribution in [1.82, 2.24) is 19.6 Å². The van der Waals surface area contributed by atoms with Gasteiger partial charge in [0.2, 0.25) is 5.91 Å². The number of nitrogens with zero attached hydrogens (tertiary/aromatic N) is 4. The number of piperidine rings is 1. The highest BCUT2D eigenvalue weighted by Gasteiger charge is 2.29. The molecule has 0 radical (unpaired) electrons. The quantitative estimate of drug-likeness (QED) is 0.833. The van der Waals surface area contributed by atoms with Gasteiger partial charge in [0.1, 0.15) is 6.04 Å². The van der Waals surface area contributed by atoms with Gasteiger partial charge in [0, 0.05) is 37.9 Å². The van der Waals surface area contributed by atoms with Crippen molar-refractivity contribution in [3.63, 3.8) is 0 Å². The summed E-state index contributed by atoms with van der Waals surface area (Å²) in [6.07, 6.45) is 5.64. The van der Waals surface area contributed by atoms with Gasteiger partial charge < -0.3 is 15.5 Å². The molecule has 0 saturated carbocycles. The molecular weight excluding hydrogens is 242 g/mol. The molecule has 1 saturated heterocycles. The molecule has 2 atom stereocenters. The van der Waals surface area contributed by atoms with Crippen molar-refractivity contribution in [2.75, 3.05) is 27.2 Å². The van der Waals surface area contributed by atoms with E-state index in [0.29, 0.717) is 6.04 Å². The van der Waals surface area contributed by atoms with Gasteiger partial charge in [0.05, 0.1) is 6.20 Å². The van der Waals surface area contributed by atoms with Gasteiger partial charge in [-0.1, -0.05) is 0 Å². The van der Waals surface area contributed by atoms with Crippen molar-refractivity contribution in [2.45, 2.75) is 24.9 Å². The highest BCUT2D eigenvalue weighted by atomic mass is 16.2. The van der Waals surface area contributed by atoms with Gasteiger partial charge in [-0.25, -0.2) is 0 Å². The van der Waals surface area contributed by atoms with E-state index in [1.807, 2.05) is 11.9 Å². The highest BCUT2D eigenvalue weighted by molar-refractivity contribution is 5.83. The van der Waals surface area contributed by atoms with Crippen molar-refractivity contribution in [3.05, 3.63) is 18.0 Å². The van der Waals surface area contributed by atoms with Crippen LogP contribution in [0.25, 0.3) is 0 Å². The van der Waals surface area contributed by atoms with Gasteiger partial charge in [-0.05, 0) is 26.9 Å². The molecule has 1 aromatic rings. The third-order valence-corrected chi connectivity index (χ3v) is 3.79. The molecule has 1 fully saturated rings. The summed E-state index contributed by atoms with van der Waals surface area (Å²) in [5.74, 6) is -0.000417. The van der Waals surface area contributed by atoms with E-state index in [2.05, 4.69) is 24.1 Å². The van der Waals surface area contributed by atoms with Crippen LogP contribution in [0.1, 0.15) is 24.4 Å². The minimum atomic E-state index is -0.602. The molecule has 1 aliphatic heterocycles. The predicted octanol–water partition coefficient (Wildman–Crippen LogP) is -0.0275. The largest absolute Gasteiger partial charge is 0.339 e. The number of carbonyl (C=O) groups is 1. The third-order valence-electron chi connectivity index (χ3n) is 3.79. The molecule has 0 bridgehead atoms. The molecule has 0 aromatic carbocycles. The summed E-state index contributed by atoms with van der Waals surface area (Å²) < 4.78 is 1.67. The van der Waals surface area contributed by atoms with Gasteiger partial charge in [0.15, 0.2) is 0 Å². The number of hydrogen-bond donors (Lipinski definition) is 1. The summed E-state index contributed by atoms with van der Waals surface area (Å²) in [4.78, 5) is 16.5. The summed E-state index contributed by atoms with van der Waals surface area (Å²) in [6, 6.07) is -0.173. The fraction of sp³-hybridized carbons (Fsp3) is 0.692. The van der Waals surface area contributed by atoms with Crippen LogP contribution in [0.5, 0.6) is 0 Å². The second-order valence-corrected chi connectivity index (χ2v) is 5.47. The lowest BCUT2D eigenvalue weighted by molar-refractivity contribution is -0.134. The molecule has 2 N–H and O–H groups in total. The van der Waals surface area contributed by atoms with Crippen molar-refractivity contribution in [3.8, 4) is 0 Å². The van der Waals surface area contributed by atoms with Crippen molar-refractivity contribution in [2.24, 2.45) is 12.8 Å². The number of hydrogen-bond acceptors (Lipinski definition) is 4. The van der Waals surface area contributed by atoms with Gasteiger partial charge in [-0.3, -0.25) is 9.48 Å². The topological polar surface area (TPSA) is 67.4 Å². The molecule has 1 amide bonds. The molecular formula is C13H23N5O. The number of likely N-dealkylation sites (tertiary alicyclic amines) is 1. The molecule has 106 valence electrons. The number of aryl methyl sites for hydroxylation is 1. The summed E-state index contributed by atoms with van der Waals surface area (Å²) in [7, 11) is 5.93. The zero-order chi connectivity index (χ0) is 14.0. The molecule has 1 aliphatic rings. The first-order valence-electron chi connectivity index (χ1n) is 6.68. The lowest BCUT2D eigenvalue weighted by atomic mass is 10.0. The lowest BCUT2D eigenvalue weighted by Crippen LogP contribution is -2.49. The number of amides is 1. The number of likely N-dealkylation sites (N-methyl/N-ethyl adjacent to an activating group) is 1. The van der Waals surface area contributed by atoms with Crippen molar-refractivity contribution < 1.29 is 4.79 Å². The SMILES string of the molecule is CN(C)C1CCCN(C(=O)C(N)c2cnn(C)c2)C1. The van der Waals surface area contributed by atoms with Gasteiger partial charge in [-0.15, -0.1) is 0 Å². The van der Waals surface area contributed by atoms with Crippen LogP contribution in [0.4, 0.5) is 0 Å². The molecule has 6 nitrogen and oxygen atoms in total. The minimum Gasteiger partial charge on any atom is -0.339 e. The van der Waals surface area contributed by atoms with E-state index in [1.165, 1.54) is 0 Å². The van der Waals surface area contributed by atoms with E-state index >= 15 is 0 Å². The van der Waals surface area contributed by atoms with Crippen LogP contribution >= 0.6 is 0 Å². The molecule has 6 heteroatoms. The second kappa shape index (κ2) is 5.71. The lowest BCUT2D eigenvalue weighted by Gasteiger charge is -2.37. The first-order chi connectivity index (χ1) is 8.99. The average Bonchev–Trinajstić information content (AvgIpc) is 2.84. The van der Waals surface area contributed by atoms with Crippen LogP contribution in [0, 0.1) is 0 Å². The Labute approximate surface area is 114 Å². The maximum Gasteiger partial charge on any atom is 0.244 e. The van der Waals surface area contributed by atoms with Gasteiger partial charge in [0.25, 0.3) is 0 Å². The minimum absolute atomic E-state index is 0.000417. The van der Waals surface area contributed by atoms with E-state index in [-0.39, 0.29) is 5.91 Å². The smallest absolute Gasteiger partial charge is 0.244 e. The number of rotatable bonds is 3. The fourth-order valence-electron chi connectivity index (χ4n) is 2.52. The van der Waals surface area contributed by atoms with E-state index < -0.39 is 6.04 Å². The van der Waals surface area contributed by atoms with Gasteiger partial charge in [-0.2, -0.15) is 5.10 Å². The van der Waals surface area contributed by atoms with E-state index in [9.17, 15) is 4.79 Å². The van der Waals surface area contributed by atoms with Crippen LogP contribution in [0.3, 0.4) is 0 Å². The first-order valence-corrected chi connectivity index (χ1v) is 6.68. The van der Waals surface area contributed by atoms with Crippen molar-refractivity contribution >= 4 is 5.91 Å². The second-order valence-electron chi connectivity index (χ2n) is 5.47. The van der Waals surface area contributed by atoms with Crippen LogP contribution in [-0.4, -0.2) is 58.7 Å². The third kappa shape index (κ3) is 3.13. The first kappa shape index (κ1) is 14.0. The standard InChI is InChI=1S/C13H23N5O/c1-16(2)11-5-4-6-18(9-11)13(19)12(14)10-7-15-17(3)8-10/h7-8,11-12H,4-6,9,14H2,1-3H3.